The molecule has 0 aliphatic carbocycles. The van der Waals surface area contributed by atoms with Crippen LogP contribution in [0.15, 0.2) is 48.9 Å². The van der Waals surface area contributed by atoms with E-state index < -0.39 is 6.43 Å². The van der Waals surface area contributed by atoms with Crippen LogP contribution >= 0.6 is 0 Å². The van der Waals surface area contributed by atoms with Gasteiger partial charge in [-0.1, -0.05) is 0 Å². The Balaban J connectivity index is 1.71. The van der Waals surface area contributed by atoms with Crippen LogP contribution in [-0.4, -0.2) is 39.2 Å². The van der Waals surface area contributed by atoms with Gasteiger partial charge in [-0.05, 0) is 54.3 Å². The number of pyridine rings is 2. The highest BCUT2D eigenvalue weighted by Gasteiger charge is 2.27. The van der Waals surface area contributed by atoms with Crippen molar-refractivity contribution in [1.82, 2.24) is 25.1 Å². The van der Waals surface area contributed by atoms with E-state index in [1.807, 2.05) is 17.0 Å². The maximum absolute atomic E-state index is 14.2. The number of aryl methyl sites for hydroxylation is 2. The van der Waals surface area contributed by atoms with Gasteiger partial charge in [-0.3, -0.25) is 14.5 Å². The van der Waals surface area contributed by atoms with Gasteiger partial charge in [0.15, 0.2) is 0 Å². The van der Waals surface area contributed by atoms with Crippen molar-refractivity contribution in [2.75, 3.05) is 18.5 Å². The average Bonchev–Trinajstić information content (AvgIpc) is 3.27. The van der Waals surface area contributed by atoms with Crippen molar-refractivity contribution in [3.8, 4) is 11.1 Å². The van der Waals surface area contributed by atoms with Gasteiger partial charge in [0.2, 0.25) is 0 Å². The first-order chi connectivity index (χ1) is 16.0. The second kappa shape index (κ2) is 8.23. The molecule has 4 heterocycles. The summed E-state index contributed by atoms with van der Waals surface area (Å²) in [6.07, 6.45) is 3.91. The quantitative estimate of drug-likeness (QED) is 0.501. The Labute approximate surface area is 189 Å². The summed E-state index contributed by atoms with van der Waals surface area (Å²) in [5.74, 6) is 0.204. The van der Waals surface area contributed by atoms with E-state index in [-0.39, 0.29) is 17.2 Å². The molecule has 3 aromatic heterocycles. The maximum atomic E-state index is 14.2. The van der Waals surface area contributed by atoms with Crippen LogP contribution in [0, 0.1) is 0 Å². The molecule has 1 amide bonds. The Kier molecular flexibility index (Phi) is 5.24. The summed E-state index contributed by atoms with van der Waals surface area (Å²) in [4.78, 5) is 23.3. The fraction of sp³-hybridized carbons (Fsp3) is 0.250. The van der Waals surface area contributed by atoms with Gasteiger partial charge in [0.1, 0.15) is 11.5 Å². The number of rotatable bonds is 4. The van der Waals surface area contributed by atoms with Crippen LogP contribution in [0.2, 0.25) is 0 Å². The average molecular weight is 448 g/mol. The maximum Gasteiger partial charge on any atom is 0.269 e. The SMILES string of the molecule is CNC(=O)c1cc2ncccc2c(N2CCCc3cc(-c4cnn(C)c4)c(C(F)F)cc32)n1. The van der Waals surface area contributed by atoms with E-state index >= 15 is 0 Å². The van der Waals surface area contributed by atoms with E-state index in [9.17, 15) is 13.6 Å². The number of alkyl halides is 2. The Morgan fingerprint density at radius 2 is 2.09 bits per heavy atom. The number of carbonyl (C=O) groups is 1. The second-order valence-corrected chi connectivity index (χ2v) is 8.01. The molecule has 7 nitrogen and oxygen atoms in total. The molecular weight excluding hydrogens is 426 g/mol. The molecule has 1 N–H and O–H groups in total. The molecule has 0 radical (unpaired) electrons. The van der Waals surface area contributed by atoms with Crippen molar-refractivity contribution < 1.29 is 13.6 Å². The number of nitrogens with one attached hydrogen (secondary N) is 1. The number of nitrogens with zero attached hydrogens (tertiary/aromatic N) is 5. The van der Waals surface area contributed by atoms with E-state index in [0.717, 1.165) is 23.8 Å². The normalized spacial score (nSPS) is 13.4. The largest absolute Gasteiger partial charge is 0.354 e. The lowest BCUT2D eigenvalue weighted by Gasteiger charge is -2.32. The lowest BCUT2D eigenvalue weighted by molar-refractivity contribution is 0.0958. The first-order valence-corrected chi connectivity index (χ1v) is 10.7. The zero-order valence-electron chi connectivity index (χ0n) is 18.2. The molecule has 0 unspecified atom stereocenters. The molecule has 1 aromatic carbocycles. The van der Waals surface area contributed by atoms with Crippen LogP contribution in [0.3, 0.4) is 0 Å². The van der Waals surface area contributed by atoms with E-state index in [0.29, 0.717) is 34.7 Å². The van der Waals surface area contributed by atoms with Gasteiger partial charge in [-0.2, -0.15) is 5.10 Å². The number of aromatic nitrogens is 4. The summed E-state index contributed by atoms with van der Waals surface area (Å²) in [6, 6.07) is 8.71. The van der Waals surface area contributed by atoms with Crippen molar-refractivity contribution in [3.05, 3.63) is 65.7 Å². The third kappa shape index (κ3) is 3.69. The number of hydrogen-bond acceptors (Lipinski definition) is 5. The molecule has 1 aliphatic rings. The third-order valence-electron chi connectivity index (χ3n) is 5.92. The molecule has 0 bridgehead atoms. The van der Waals surface area contributed by atoms with Crippen LogP contribution in [0.5, 0.6) is 0 Å². The molecule has 1 aliphatic heterocycles. The monoisotopic (exact) mass is 448 g/mol. The molecule has 0 spiro atoms. The predicted molar refractivity (Wildman–Crippen MR) is 122 cm³/mol. The first-order valence-electron chi connectivity index (χ1n) is 10.7. The number of benzene rings is 1. The highest BCUT2D eigenvalue weighted by Crippen LogP contribution is 2.42. The van der Waals surface area contributed by atoms with Gasteiger partial charge < -0.3 is 10.2 Å². The second-order valence-electron chi connectivity index (χ2n) is 8.01. The Morgan fingerprint density at radius 1 is 1.24 bits per heavy atom. The standard InChI is InChI=1S/C24H22F2N6O/c1-27-24(33)20-11-19-16(6-3-7-28-19)23(30-20)32-8-4-5-14-9-17(15-12-29-31(2)13-15)18(22(25)26)10-21(14)32/h3,6-7,9-13,22H,4-5,8H2,1-2H3,(H,27,33). The minimum absolute atomic E-state index is 0.0569. The Morgan fingerprint density at radius 3 is 2.82 bits per heavy atom. The van der Waals surface area contributed by atoms with E-state index in [2.05, 4.69) is 20.4 Å². The van der Waals surface area contributed by atoms with E-state index in [1.54, 1.807) is 48.5 Å². The van der Waals surface area contributed by atoms with Gasteiger partial charge in [-0.15, -0.1) is 0 Å². The van der Waals surface area contributed by atoms with E-state index in [1.165, 1.54) is 7.05 Å². The van der Waals surface area contributed by atoms with Gasteiger partial charge in [0.25, 0.3) is 12.3 Å². The minimum atomic E-state index is -2.65. The van der Waals surface area contributed by atoms with Crippen molar-refractivity contribution in [1.29, 1.82) is 0 Å². The van der Waals surface area contributed by atoms with Crippen LogP contribution in [0.25, 0.3) is 22.0 Å². The lowest BCUT2D eigenvalue weighted by atomic mass is 9.93. The Bertz CT molecular complexity index is 1370. The van der Waals surface area contributed by atoms with E-state index in [4.69, 9.17) is 0 Å². The number of carbonyl (C=O) groups excluding carboxylic acids is 1. The van der Waals surface area contributed by atoms with Gasteiger partial charge in [-0.25, -0.2) is 13.8 Å². The number of amides is 1. The summed E-state index contributed by atoms with van der Waals surface area (Å²) in [7, 11) is 3.30. The van der Waals surface area contributed by atoms with Gasteiger partial charge in [0, 0.05) is 55.2 Å². The highest BCUT2D eigenvalue weighted by molar-refractivity contribution is 6.00. The first kappa shape index (κ1) is 21.0. The fourth-order valence-electron chi connectivity index (χ4n) is 4.37. The zero-order chi connectivity index (χ0) is 23.1. The number of anilines is 2. The highest BCUT2D eigenvalue weighted by atomic mass is 19.3. The molecule has 0 saturated heterocycles. The smallest absolute Gasteiger partial charge is 0.269 e. The molecule has 0 fully saturated rings. The molecule has 0 atom stereocenters. The molecule has 4 aromatic rings. The molecule has 33 heavy (non-hydrogen) atoms. The summed E-state index contributed by atoms with van der Waals surface area (Å²) in [5.41, 5.74) is 3.56. The van der Waals surface area contributed by atoms with Crippen LogP contribution in [0.4, 0.5) is 20.3 Å². The Hall–Kier alpha value is -3.88. The molecule has 9 heteroatoms. The number of fused-ring (bicyclic) bond motifs is 2. The summed E-state index contributed by atoms with van der Waals surface area (Å²) >= 11 is 0. The molecule has 5 rings (SSSR count). The third-order valence-corrected chi connectivity index (χ3v) is 5.92. The minimum Gasteiger partial charge on any atom is -0.354 e. The van der Waals surface area contributed by atoms with Gasteiger partial charge >= 0.3 is 0 Å². The zero-order valence-corrected chi connectivity index (χ0v) is 18.2. The van der Waals surface area contributed by atoms with Crippen molar-refractivity contribution in [3.63, 3.8) is 0 Å². The van der Waals surface area contributed by atoms with Crippen LogP contribution in [-0.2, 0) is 13.5 Å². The number of hydrogen-bond donors (Lipinski definition) is 1. The van der Waals surface area contributed by atoms with Crippen LogP contribution in [0.1, 0.15) is 34.5 Å². The lowest BCUT2D eigenvalue weighted by Crippen LogP contribution is -2.27. The van der Waals surface area contributed by atoms with Crippen molar-refractivity contribution >= 4 is 28.3 Å². The van der Waals surface area contributed by atoms with Crippen molar-refractivity contribution in [2.45, 2.75) is 19.3 Å². The number of halogens is 2. The molecular formula is C24H22F2N6O. The molecule has 168 valence electrons. The van der Waals surface area contributed by atoms with Crippen LogP contribution < -0.4 is 10.2 Å². The predicted octanol–water partition coefficient (Wildman–Crippen LogP) is 4.41. The summed E-state index contributed by atoms with van der Waals surface area (Å²) in [5, 5.41) is 7.49. The van der Waals surface area contributed by atoms with Gasteiger partial charge in [0.05, 0.1) is 11.7 Å². The fourth-order valence-corrected chi connectivity index (χ4v) is 4.37. The summed E-state index contributed by atoms with van der Waals surface area (Å²) < 4.78 is 29.9. The molecule has 0 saturated carbocycles. The van der Waals surface area contributed by atoms with Crippen molar-refractivity contribution in [2.24, 2.45) is 7.05 Å². The summed E-state index contributed by atoms with van der Waals surface area (Å²) in [6.45, 7) is 0.593. The topological polar surface area (TPSA) is 75.9 Å².